The fraction of sp³-hybridized carbons (Fsp3) is 0.269. The zero-order chi connectivity index (χ0) is 23.1. The van der Waals surface area contributed by atoms with E-state index in [0.29, 0.717) is 16.9 Å². The highest BCUT2D eigenvalue weighted by Crippen LogP contribution is 2.54. The second kappa shape index (κ2) is 8.26. The van der Waals surface area contributed by atoms with E-state index in [1.54, 1.807) is 30.3 Å². The molecule has 0 aliphatic carbocycles. The summed E-state index contributed by atoms with van der Waals surface area (Å²) < 4.78 is 40.4. The topological polar surface area (TPSA) is 35.5 Å². The third-order valence-corrected chi connectivity index (χ3v) is 6.72. The van der Waals surface area contributed by atoms with Crippen molar-refractivity contribution in [1.29, 1.82) is 0 Å². The van der Waals surface area contributed by atoms with Crippen LogP contribution in [-0.4, -0.2) is 14.3 Å². The number of fused-ring (bicyclic) bond motifs is 1. The third kappa shape index (κ3) is 4.00. The van der Waals surface area contributed by atoms with Crippen molar-refractivity contribution in [2.45, 2.75) is 38.1 Å². The SMILES string of the molecule is C[C@@H]1C(=O)Oc2ccccc2[C@@H]1C(O[Si](C)(C)C)(c1ccc(F)cc1)c1ccc(F)cc1. The lowest BCUT2D eigenvalue weighted by Crippen LogP contribution is -2.50. The Morgan fingerprint density at radius 2 is 1.34 bits per heavy atom. The molecule has 0 radical (unpaired) electrons. The largest absolute Gasteiger partial charge is 0.426 e. The first-order valence-corrected chi connectivity index (χ1v) is 14.1. The highest BCUT2D eigenvalue weighted by molar-refractivity contribution is 6.69. The molecule has 0 saturated heterocycles. The van der Waals surface area contributed by atoms with Gasteiger partial charge in [-0.3, -0.25) is 4.79 Å². The van der Waals surface area contributed by atoms with Crippen LogP contribution in [0.15, 0.2) is 72.8 Å². The number of esters is 1. The molecule has 166 valence electrons. The molecule has 0 bridgehead atoms. The van der Waals surface area contributed by atoms with Gasteiger partial charge in [0.15, 0.2) is 8.32 Å². The Labute approximate surface area is 188 Å². The molecule has 0 saturated carbocycles. The van der Waals surface area contributed by atoms with Crippen LogP contribution in [-0.2, 0) is 14.8 Å². The minimum absolute atomic E-state index is 0.360. The van der Waals surface area contributed by atoms with Crippen LogP contribution >= 0.6 is 0 Å². The van der Waals surface area contributed by atoms with Crippen molar-refractivity contribution in [3.63, 3.8) is 0 Å². The molecular weight excluding hydrogens is 426 g/mol. The van der Waals surface area contributed by atoms with Crippen molar-refractivity contribution in [2.75, 3.05) is 0 Å². The Kier molecular flexibility index (Phi) is 5.77. The molecule has 0 spiro atoms. The fourth-order valence-electron chi connectivity index (χ4n) is 4.59. The fourth-order valence-corrected chi connectivity index (χ4v) is 5.92. The molecule has 3 aromatic rings. The third-order valence-electron chi connectivity index (χ3n) is 5.79. The first kappa shape index (κ1) is 22.4. The van der Waals surface area contributed by atoms with E-state index in [0.717, 1.165) is 5.56 Å². The molecule has 4 rings (SSSR count). The molecular formula is C26H26F2O3Si. The number of carbonyl (C=O) groups is 1. The van der Waals surface area contributed by atoms with Gasteiger partial charge in [0.25, 0.3) is 0 Å². The van der Waals surface area contributed by atoms with Gasteiger partial charge in [0.05, 0.1) is 5.92 Å². The van der Waals surface area contributed by atoms with Crippen LogP contribution in [0, 0.1) is 17.6 Å². The van der Waals surface area contributed by atoms with Crippen LogP contribution in [0.3, 0.4) is 0 Å². The maximum Gasteiger partial charge on any atom is 0.314 e. The Bertz CT molecular complexity index is 1080. The lowest BCUT2D eigenvalue weighted by Gasteiger charge is -2.49. The van der Waals surface area contributed by atoms with Gasteiger partial charge >= 0.3 is 5.97 Å². The van der Waals surface area contributed by atoms with Gasteiger partial charge in [-0.25, -0.2) is 8.78 Å². The van der Waals surface area contributed by atoms with Crippen LogP contribution in [0.1, 0.15) is 29.5 Å². The minimum Gasteiger partial charge on any atom is -0.426 e. The second-order valence-corrected chi connectivity index (χ2v) is 13.6. The summed E-state index contributed by atoms with van der Waals surface area (Å²) in [4.78, 5) is 13.0. The standard InChI is InChI=1S/C26H26F2O3Si/c1-17-24(22-7-5-6-8-23(22)30-25(17)29)26(31-32(2,3)4,18-9-13-20(27)14-10-18)19-11-15-21(28)16-12-19/h5-17,24H,1-4H3/t17-,24+/m0/s1. The summed E-state index contributed by atoms with van der Waals surface area (Å²) >= 11 is 0. The summed E-state index contributed by atoms with van der Waals surface area (Å²) in [6.45, 7) is 8.00. The molecule has 0 unspecified atom stereocenters. The molecule has 2 atom stereocenters. The van der Waals surface area contributed by atoms with Crippen molar-refractivity contribution < 1.29 is 22.7 Å². The predicted molar refractivity (Wildman–Crippen MR) is 122 cm³/mol. The maximum atomic E-state index is 13.9. The van der Waals surface area contributed by atoms with Gasteiger partial charge in [-0.1, -0.05) is 49.4 Å². The summed E-state index contributed by atoms with van der Waals surface area (Å²) in [5, 5.41) is 0. The summed E-state index contributed by atoms with van der Waals surface area (Å²) in [7, 11) is -2.28. The zero-order valence-electron chi connectivity index (χ0n) is 18.6. The van der Waals surface area contributed by atoms with Crippen LogP contribution in [0.5, 0.6) is 5.75 Å². The first-order chi connectivity index (χ1) is 15.1. The van der Waals surface area contributed by atoms with Gasteiger partial charge < -0.3 is 9.16 Å². The van der Waals surface area contributed by atoms with Gasteiger partial charge in [-0.2, -0.15) is 0 Å². The van der Waals surface area contributed by atoms with Crippen molar-refractivity contribution in [3.05, 3.63) is 101 Å². The summed E-state index contributed by atoms with van der Waals surface area (Å²) in [5.41, 5.74) is 1.08. The molecule has 1 aliphatic rings. The number of hydrogen-bond acceptors (Lipinski definition) is 3. The molecule has 0 amide bonds. The molecule has 0 fully saturated rings. The minimum atomic E-state index is -2.28. The van der Waals surface area contributed by atoms with Gasteiger partial charge in [0.1, 0.15) is 23.0 Å². The van der Waals surface area contributed by atoms with E-state index in [1.165, 1.54) is 24.3 Å². The smallest absolute Gasteiger partial charge is 0.314 e. The van der Waals surface area contributed by atoms with E-state index in [9.17, 15) is 13.6 Å². The van der Waals surface area contributed by atoms with Crippen LogP contribution in [0.4, 0.5) is 8.78 Å². The lowest BCUT2D eigenvalue weighted by atomic mass is 9.67. The molecule has 3 nitrogen and oxygen atoms in total. The van der Waals surface area contributed by atoms with Crippen molar-refractivity contribution in [2.24, 2.45) is 5.92 Å². The number of para-hydroxylation sites is 1. The van der Waals surface area contributed by atoms with E-state index >= 15 is 0 Å². The van der Waals surface area contributed by atoms with Crippen molar-refractivity contribution in [3.8, 4) is 5.75 Å². The van der Waals surface area contributed by atoms with E-state index < -0.39 is 25.8 Å². The molecule has 0 N–H and O–H groups in total. The molecule has 1 aliphatic heterocycles. The highest BCUT2D eigenvalue weighted by atomic mass is 28.4. The number of carbonyl (C=O) groups excluding carboxylic acids is 1. The average molecular weight is 453 g/mol. The summed E-state index contributed by atoms with van der Waals surface area (Å²) in [6, 6.07) is 19.7. The molecule has 6 heteroatoms. The lowest BCUT2D eigenvalue weighted by molar-refractivity contribution is -0.143. The van der Waals surface area contributed by atoms with E-state index in [4.69, 9.17) is 9.16 Å². The highest BCUT2D eigenvalue weighted by Gasteiger charge is 2.53. The normalized spacial score (nSPS) is 18.8. The van der Waals surface area contributed by atoms with Gasteiger partial charge in [0.2, 0.25) is 0 Å². The number of ether oxygens (including phenoxy) is 1. The number of benzene rings is 3. The van der Waals surface area contributed by atoms with Crippen molar-refractivity contribution >= 4 is 14.3 Å². The van der Waals surface area contributed by atoms with E-state index in [2.05, 4.69) is 19.6 Å². The Balaban J connectivity index is 2.09. The van der Waals surface area contributed by atoms with E-state index in [1.807, 2.05) is 25.1 Å². The van der Waals surface area contributed by atoms with E-state index in [-0.39, 0.29) is 17.6 Å². The molecule has 0 aromatic heterocycles. The Hall–Kier alpha value is -2.83. The summed E-state index contributed by atoms with van der Waals surface area (Å²) in [5.74, 6) is -1.65. The van der Waals surface area contributed by atoms with Crippen molar-refractivity contribution in [1.82, 2.24) is 0 Å². The average Bonchev–Trinajstić information content (AvgIpc) is 2.74. The number of rotatable bonds is 5. The van der Waals surface area contributed by atoms with Gasteiger partial charge in [-0.15, -0.1) is 0 Å². The Morgan fingerprint density at radius 3 is 1.84 bits per heavy atom. The monoisotopic (exact) mass is 452 g/mol. The van der Waals surface area contributed by atoms with Gasteiger partial charge in [0, 0.05) is 11.5 Å². The second-order valence-electron chi connectivity index (χ2n) is 9.19. The van der Waals surface area contributed by atoms with Crippen LogP contribution < -0.4 is 4.74 Å². The maximum absolute atomic E-state index is 13.9. The molecule has 3 aromatic carbocycles. The van der Waals surface area contributed by atoms with Crippen LogP contribution in [0.2, 0.25) is 19.6 Å². The predicted octanol–water partition coefficient (Wildman–Crippen LogP) is 6.40. The molecule has 32 heavy (non-hydrogen) atoms. The quantitative estimate of drug-likeness (QED) is 0.255. The number of hydrogen-bond donors (Lipinski definition) is 0. The molecule has 1 heterocycles. The first-order valence-electron chi connectivity index (χ1n) is 10.6. The Morgan fingerprint density at radius 1 is 0.844 bits per heavy atom. The number of halogens is 2. The zero-order valence-corrected chi connectivity index (χ0v) is 19.6. The summed E-state index contributed by atoms with van der Waals surface area (Å²) in [6.07, 6.45) is 0. The van der Waals surface area contributed by atoms with Gasteiger partial charge in [-0.05, 0) is 61.1 Å². The van der Waals surface area contributed by atoms with Crippen LogP contribution in [0.25, 0.3) is 0 Å².